The molecule has 0 bridgehead atoms. The molecule has 0 saturated heterocycles. The predicted octanol–water partition coefficient (Wildman–Crippen LogP) is 4.46. The molecule has 2 aliphatic rings. The van der Waals surface area contributed by atoms with E-state index in [1.54, 1.807) is 6.07 Å². The van der Waals surface area contributed by atoms with Gasteiger partial charge < -0.3 is 14.6 Å². The quantitative estimate of drug-likeness (QED) is 0.611. The Bertz CT molecular complexity index is 827. The summed E-state index contributed by atoms with van der Waals surface area (Å²) >= 11 is 0. The summed E-state index contributed by atoms with van der Waals surface area (Å²) in [6.07, 6.45) is 4.68. The lowest BCUT2D eigenvalue weighted by Crippen LogP contribution is -2.51. The van der Waals surface area contributed by atoms with Crippen molar-refractivity contribution in [1.82, 2.24) is 0 Å². The minimum atomic E-state index is -0.529. The molecule has 0 radical (unpaired) electrons. The van der Waals surface area contributed by atoms with Crippen molar-refractivity contribution in [3.8, 4) is 11.5 Å². The van der Waals surface area contributed by atoms with Gasteiger partial charge in [-0.15, -0.1) is 0 Å². The number of rotatable bonds is 4. The number of ether oxygens (including phenoxy) is 2. The van der Waals surface area contributed by atoms with Crippen molar-refractivity contribution in [3.63, 3.8) is 0 Å². The zero-order chi connectivity index (χ0) is 20.7. The van der Waals surface area contributed by atoms with E-state index in [9.17, 15) is 14.7 Å². The Kier molecular flexibility index (Phi) is 5.30. The maximum Gasteiger partial charge on any atom is 0.338 e. The number of Topliss-reactive ketones (excluding diaryl/α,β-unsaturated/α-hetero) is 1. The highest BCUT2D eigenvalue weighted by molar-refractivity contribution is 5.90. The van der Waals surface area contributed by atoms with E-state index in [1.807, 2.05) is 0 Å². The molecule has 0 unspecified atom stereocenters. The second kappa shape index (κ2) is 7.26. The van der Waals surface area contributed by atoms with Crippen LogP contribution in [0.3, 0.4) is 0 Å². The lowest BCUT2D eigenvalue weighted by Gasteiger charge is -2.55. The first-order valence-corrected chi connectivity index (χ1v) is 9.87. The first-order chi connectivity index (χ1) is 13.2. The number of methoxy groups -OCH3 is 2. The number of hydrogen-bond donors (Lipinski definition) is 1. The Morgan fingerprint density at radius 3 is 2.64 bits per heavy atom. The molecule has 0 aliphatic heterocycles. The number of hydrogen-bond acceptors (Lipinski definition) is 5. The molecule has 1 aromatic carbocycles. The molecule has 5 heteroatoms. The molecular weight excluding hydrogens is 356 g/mol. The molecule has 152 valence electrons. The van der Waals surface area contributed by atoms with Gasteiger partial charge in [0.15, 0.2) is 0 Å². The third-order valence-electron chi connectivity index (χ3n) is 7.20. The van der Waals surface area contributed by atoms with E-state index >= 15 is 0 Å². The Labute approximate surface area is 166 Å². The highest BCUT2D eigenvalue weighted by atomic mass is 16.5. The molecule has 0 aromatic heterocycles. The van der Waals surface area contributed by atoms with Crippen LogP contribution in [0.25, 0.3) is 0 Å². The van der Waals surface area contributed by atoms with Gasteiger partial charge in [-0.2, -0.15) is 0 Å². The second-order valence-corrected chi connectivity index (χ2v) is 8.65. The average molecular weight is 386 g/mol. The first-order valence-electron chi connectivity index (χ1n) is 9.87. The maximum atomic E-state index is 12.8. The summed E-state index contributed by atoms with van der Waals surface area (Å²) in [6, 6.07) is 3.02. The fourth-order valence-electron chi connectivity index (χ4n) is 5.38. The molecule has 0 heterocycles. The number of phenolic OH excluding ortho intramolecular Hbond substituents is 1. The lowest BCUT2D eigenvalue weighted by atomic mass is 9.48. The van der Waals surface area contributed by atoms with Crippen LogP contribution < -0.4 is 4.74 Å². The largest absolute Gasteiger partial charge is 0.508 e. The van der Waals surface area contributed by atoms with Gasteiger partial charge in [-0.1, -0.05) is 26.0 Å². The van der Waals surface area contributed by atoms with Crippen LogP contribution in [0.15, 0.2) is 24.3 Å². The third kappa shape index (κ3) is 3.11. The van der Waals surface area contributed by atoms with Gasteiger partial charge in [0.25, 0.3) is 0 Å². The molecular formula is C23H30O5. The van der Waals surface area contributed by atoms with E-state index in [-0.39, 0.29) is 28.1 Å². The minimum Gasteiger partial charge on any atom is -0.508 e. The molecule has 2 aliphatic carbocycles. The van der Waals surface area contributed by atoms with E-state index in [2.05, 4.69) is 20.4 Å². The lowest BCUT2D eigenvalue weighted by molar-refractivity contribution is -0.140. The van der Waals surface area contributed by atoms with Crippen LogP contribution in [-0.2, 0) is 16.0 Å². The highest BCUT2D eigenvalue weighted by Gasteiger charge is 2.55. The highest BCUT2D eigenvalue weighted by Crippen LogP contribution is 2.60. The second-order valence-electron chi connectivity index (χ2n) is 8.65. The van der Waals surface area contributed by atoms with E-state index in [1.165, 1.54) is 20.3 Å². The Hall–Kier alpha value is -2.30. The molecule has 0 amide bonds. The predicted molar refractivity (Wildman–Crippen MR) is 107 cm³/mol. The Morgan fingerprint density at radius 1 is 1.29 bits per heavy atom. The SMILES string of the molecule is C=C1CC[C@]2(C)C(=O)CCC[C@H]2[C@]1(C)Cc1c(O)cc(C(=O)OC)cc1OC. The molecule has 2 saturated carbocycles. The van der Waals surface area contributed by atoms with Crippen molar-refractivity contribution < 1.29 is 24.2 Å². The van der Waals surface area contributed by atoms with Gasteiger partial charge in [-0.05, 0) is 55.6 Å². The topological polar surface area (TPSA) is 72.8 Å². The fourth-order valence-corrected chi connectivity index (χ4v) is 5.38. The number of benzene rings is 1. The van der Waals surface area contributed by atoms with Gasteiger partial charge in [-0.3, -0.25) is 4.79 Å². The zero-order valence-electron chi connectivity index (χ0n) is 17.3. The van der Waals surface area contributed by atoms with Crippen LogP contribution in [0.4, 0.5) is 0 Å². The summed E-state index contributed by atoms with van der Waals surface area (Å²) in [6.45, 7) is 8.60. The van der Waals surface area contributed by atoms with Gasteiger partial charge in [-0.25, -0.2) is 4.79 Å². The zero-order valence-corrected chi connectivity index (χ0v) is 17.3. The maximum absolute atomic E-state index is 12.8. The fraction of sp³-hybridized carbons (Fsp3) is 0.565. The van der Waals surface area contributed by atoms with E-state index < -0.39 is 5.97 Å². The summed E-state index contributed by atoms with van der Waals surface area (Å²) in [5.41, 5.74) is 1.32. The Balaban J connectivity index is 2.04. The summed E-state index contributed by atoms with van der Waals surface area (Å²) in [5.74, 6) is 0.442. The van der Waals surface area contributed by atoms with Crippen molar-refractivity contribution in [3.05, 3.63) is 35.4 Å². The molecule has 5 nitrogen and oxygen atoms in total. The van der Waals surface area contributed by atoms with Crippen molar-refractivity contribution in [2.75, 3.05) is 14.2 Å². The van der Waals surface area contributed by atoms with Crippen LogP contribution in [0.2, 0.25) is 0 Å². The number of allylic oxidation sites excluding steroid dienone is 1. The van der Waals surface area contributed by atoms with Gasteiger partial charge in [0.1, 0.15) is 17.3 Å². The third-order valence-corrected chi connectivity index (χ3v) is 7.20. The standard InChI is InChI=1S/C23H30O5/c1-14-9-10-22(2)19(7-6-8-20(22)25)23(14,3)13-16-17(24)11-15(21(26)28-5)12-18(16)27-4/h11-12,19,24H,1,6-10,13H2,2-5H3/t19-,22+,23-/m1/s1. The van der Waals surface area contributed by atoms with E-state index in [4.69, 9.17) is 9.47 Å². The summed E-state index contributed by atoms with van der Waals surface area (Å²) in [5, 5.41) is 10.7. The number of ketones is 1. The smallest absolute Gasteiger partial charge is 0.338 e. The number of esters is 1. The molecule has 1 N–H and O–H groups in total. The van der Waals surface area contributed by atoms with Crippen molar-refractivity contribution in [2.45, 2.75) is 52.4 Å². The van der Waals surface area contributed by atoms with Crippen molar-refractivity contribution >= 4 is 11.8 Å². The number of carbonyl (C=O) groups excluding carboxylic acids is 2. The molecule has 0 spiro atoms. The molecule has 3 rings (SSSR count). The van der Waals surface area contributed by atoms with Crippen molar-refractivity contribution in [1.29, 1.82) is 0 Å². The minimum absolute atomic E-state index is 0.00295. The van der Waals surface area contributed by atoms with Crippen LogP contribution in [0, 0.1) is 16.7 Å². The van der Waals surface area contributed by atoms with Gasteiger partial charge >= 0.3 is 5.97 Å². The van der Waals surface area contributed by atoms with Crippen molar-refractivity contribution in [2.24, 2.45) is 16.7 Å². The van der Waals surface area contributed by atoms with Crippen LogP contribution in [-0.4, -0.2) is 31.1 Å². The van der Waals surface area contributed by atoms with Gasteiger partial charge in [0.05, 0.1) is 19.8 Å². The summed E-state index contributed by atoms with van der Waals surface area (Å²) < 4.78 is 10.3. The number of phenols is 1. The summed E-state index contributed by atoms with van der Waals surface area (Å²) in [7, 11) is 2.82. The van der Waals surface area contributed by atoms with Crippen LogP contribution in [0.1, 0.15) is 61.9 Å². The summed E-state index contributed by atoms with van der Waals surface area (Å²) in [4.78, 5) is 24.7. The van der Waals surface area contributed by atoms with E-state index in [0.717, 1.165) is 31.3 Å². The molecule has 3 atom stereocenters. The average Bonchev–Trinajstić information content (AvgIpc) is 2.67. The molecule has 2 fully saturated rings. The number of carbonyl (C=O) groups is 2. The van der Waals surface area contributed by atoms with Gasteiger partial charge in [0, 0.05) is 17.4 Å². The normalized spacial score (nSPS) is 29.9. The molecule has 1 aromatic rings. The van der Waals surface area contributed by atoms with Crippen LogP contribution in [0.5, 0.6) is 11.5 Å². The number of aromatic hydroxyl groups is 1. The van der Waals surface area contributed by atoms with Crippen LogP contribution >= 0.6 is 0 Å². The monoisotopic (exact) mass is 386 g/mol. The first kappa shape index (κ1) is 20.4. The number of fused-ring (bicyclic) bond motifs is 1. The molecule has 28 heavy (non-hydrogen) atoms. The van der Waals surface area contributed by atoms with Gasteiger partial charge in [0.2, 0.25) is 0 Å². The van der Waals surface area contributed by atoms with E-state index in [0.29, 0.717) is 29.9 Å². The Morgan fingerprint density at radius 2 is 2.00 bits per heavy atom.